The Bertz CT molecular complexity index is 369. The van der Waals surface area contributed by atoms with Crippen LogP contribution in [-0.4, -0.2) is 29.0 Å². The van der Waals surface area contributed by atoms with Crippen molar-refractivity contribution in [1.82, 2.24) is 9.97 Å². The molecule has 0 bridgehead atoms. The molecule has 0 spiro atoms. The molecule has 0 saturated carbocycles. The Balaban J connectivity index is 1.99. The number of aromatic nitrogens is 2. The molecule has 1 aliphatic rings. The van der Waals surface area contributed by atoms with Gasteiger partial charge in [0.1, 0.15) is 0 Å². The van der Waals surface area contributed by atoms with E-state index in [1.807, 2.05) is 4.90 Å². The van der Waals surface area contributed by atoms with Gasteiger partial charge in [-0.3, -0.25) is 4.79 Å². The van der Waals surface area contributed by atoms with Gasteiger partial charge in [0.15, 0.2) is 0 Å². The number of primary amides is 1. The molecule has 1 aromatic rings. The minimum atomic E-state index is -0.210. The molecule has 6 heteroatoms. The summed E-state index contributed by atoms with van der Waals surface area (Å²) in [4.78, 5) is 21.3. The van der Waals surface area contributed by atoms with Gasteiger partial charge in [-0.15, -0.1) is 0 Å². The highest BCUT2D eigenvalue weighted by atomic mass is 16.1. The summed E-state index contributed by atoms with van der Waals surface area (Å²) in [6.07, 6.45) is 4.71. The van der Waals surface area contributed by atoms with Gasteiger partial charge < -0.3 is 16.4 Å². The molecular weight excluding hydrogens is 206 g/mol. The summed E-state index contributed by atoms with van der Waals surface area (Å²) in [7, 11) is 0. The summed E-state index contributed by atoms with van der Waals surface area (Å²) in [6, 6.07) is 0. The summed E-state index contributed by atoms with van der Waals surface area (Å²) in [5.74, 6) is 0.444. The van der Waals surface area contributed by atoms with E-state index in [2.05, 4.69) is 9.97 Å². The molecule has 0 aliphatic carbocycles. The SMILES string of the molecule is NC(=O)C1CCN(c2ncc(N)cn2)CC1. The van der Waals surface area contributed by atoms with Crippen molar-refractivity contribution in [3.8, 4) is 0 Å². The molecule has 1 aromatic heterocycles. The molecule has 2 rings (SSSR count). The van der Waals surface area contributed by atoms with Gasteiger partial charge >= 0.3 is 0 Å². The van der Waals surface area contributed by atoms with Crippen LogP contribution in [-0.2, 0) is 4.79 Å². The van der Waals surface area contributed by atoms with Crippen molar-refractivity contribution in [3.63, 3.8) is 0 Å². The van der Waals surface area contributed by atoms with E-state index in [1.54, 1.807) is 12.4 Å². The molecule has 4 N–H and O–H groups in total. The normalized spacial score (nSPS) is 17.4. The maximum Gasteiger partial charge on any atom is 0.225 e. The van der Waals surface area contributed by atoms with Crippen molar-refractivity contribution >= 4 is 17.5 Å². The second-order valence-corrected chi connectivity index (χ2v) is 3.98. The van der Waals surface area contributed by atoms with Gasteiger partial charge in [0.05, 0.1) is 18.1 Å². The maximum absolute atomic E-state index is 11.0. The van der Waals surface area contributed by atoms with Crippen LogP contribution in [0.2, 0.25) is 0 Å². The lowest BCUT2D eigenvalue weighted by Crippen LogP contribution is -2.39. The fourth-order valence-corrected chi connectivity index (χ4v) is 1.86. The molecule has 6 nitrogen and oxygen atoms in total. The van der Waals surface area contributed by atoms with Crippen LogP contribution >= 0.6 is 0 Å². The van der Waals surface area contributed by atoms with Crippen LogP contribution in [0.25, 0.3) is 0 Å². The Hall–Kier alpha value is -1.85. The van der Waals surface area contributed by atoms with Crippen LogP contribution in [0.15, 0.2) is 12.4 Å². The fraction of sp³-hybridized carbons (Fsp3) is 0.500. The molecule has 86 valence electrons. The molecule has 0 radical (unpaired) electrons. The summed E-state index contributed by atoms with van der Waals surface area (Å²) in [6.45, 7) is 1.52. The van der Waals surface area contributed by atoms with Crippen LogP contribution in [0.3, 0.4) is 0 Å². The van der Waals surface area contributed by atoms with Gasteiger partial charge in [-0.2, -0.15) is 0 Å². The number of carbonyl (C=O) groups excluding carboxylic acids is 1. The number of hydrogen-bond donors (Lipinski definition) is 2. The van der Waals surface area contributed by atoms with Gasteiger partial charge in [-0.05, 0) is 12.8 Å². The second kappa shape index (κ2) is 4.34. The first kappa shape index (κ1) is 10.7. The predicted molar refractivity (Wildman–Crippen MR) is 60.6 cm³/mol. The van der Waals surface area contributed by atoms with Gasteiger partial charge in [0.25, 0.3) is 0 Å². The zero-order chi connectivity index (χ0) is 11.5. The quantitative estimate of drug-likeness (QED) is 0.718. The minimum Gasteiger partial charge on any atom is -0.396 e. The summed E-state index contributed by atoms with van der Waals surface area (Å²) in [5.41, 5.74) is 11.3. The van der Waals surface area contributed by atoms with E-state index in [1.165, 1.54) is 0 Å². The lowest BCUT2D eigenvalue weighted by atomic mass is 9.96. The van der Waals surface area contributed by atoms with E-state index in [-0.39, 0.29) is 11.8 Å². The summed E-state index contributed by atoms with van der Waals surface area (Å²) in [5, 5.41) is 0. The van der Waals surface area contributed by atoms with Crippen LogP contribution in [0.5, 0.6) is 0 Å². The Morgan fingerprint density at radius 1 is 1.31 bits per heavy atom. The molecule has 1 saturated heterocycles. The highest BCUT2D eigenvalue weighted by Crippen LogP contribution is 2.20. The Kier molecular flexibility index (Phi) is 2.89. The topological polar surface area (TPSA) is 98.1 Å². The zero-order valence-corrected chi connectivity index (χ0v) is 8.97. The predicted octanol–water partition coefficient (Wildman–Crippen LogP) is -0.240. The Morgan fingerprint density at radius 3 is 2.38 bits per heavy atom. The average Bonchev–Trinajstić information content (AvgIpc) is 2.30. The van der Waals surface area contributed by atoms with Gasteiger partial charge in [-0.1, -0.05) is 0 Å². The second-order valence-electron chi connectivity index (χ2n) is 3.98. The fourth-order valence-electron chi connectivity index (χ4n) is 1.86. The molecule has 0 aromatic carbocycles. The van der Waals surface area contributed by atoms with Crippen LogP contribution in [0.1, 0.15) is 12.8 Å². The van der Waals surface area contributed by atoms with E-state index in [0.717, 1.165) is 25.9 Å². The molecule has 0 atom stereocenters. The maximum atomic E-state index is 11.0. The average molecular weight is 221 g/mol. The van der Waals surface area contributed by atoms with E-state index in [9.17, 15) is 4.79 Å². The number of nitrogens with zero attached hydrogens (tertiary/aromatic N) is 3. The van der Waals surface area contributed by atoms with Crippen LogP contribution in [0, 0.1) is 5.92 Å². The minimum absolute atomic E-state index is 0.00923. The third-order valence-corrected chi connectivity index (χ3v) is 2.84. The van der Waals surface area contributed by atoms with E-state index >= 15 is 0 Å². The molecule has 1 fully saturated rings. The van der Waals surface area contributed by atoms with Crippen molar-refractivity contribution in [2.75, 3.05) is 23.7 Å². The highest BCUT2D eigenvalue weighted by molar-refractivity contribution is 5.76. The number of nitrogens with two attached hydrogens (primary N) is 2. The number of piperidine rings is 1. The molecule has 16 heavy (non-hydrogen) atoms. The number of rotatable bonds is 2. The number of carbonyl (C=O) groups is 1. The van der Waals surface area contributed by atoms with Crippen molar-refractivity contribution in [2.24, 2.45) is 11.7 Å². The Labute approximate surface area is 93.7 Å². The number of nitrogen functional groups attached to an aromatic ring is 1. The van der Waals surface area contributed by atoms with Crippen LogP contribution in [0.4, 0.5) is 11.6 Å². The Morgan fingerprint density at radius 2 is 1.88 bits per heavy atom. The monoisotopic (exact) mass is 221 g/mol. The molecule has 1 amide bonds. The van der Waals surface area contributed by atoms with Gasteiger partial charge in [0.2, 0.25) is 11.9 Å². The van der Waals surface area contributed by atoms with Crippen LogP contribution < -0.4 is 16.4 Å². The highest BCUT2D eigenvalue weighted by Gasteiger charge is 2.24. The standard InChI is InChI=1S/C10H15N5O/c11-8-5-13-10(14-6-8)15-3-1-7(2-4-15)9(12)16/h5-7H,1-4,11H2,(H2,12,16). The van der Waals surface area contributed by atoms with Gasteiger partial charge in [-0.25, -0.2) is 9.97 Å². The van der Waals surface area contributed by atoms with Crippen molar-refractivity contribution in [3.05, 3.63) is 12.4 Å². The lowest BCUT2D eigenvalue weighted by Gasteiger charge is -2.30. The van der Waals surface area contributed by atoms with E-state index in [0.29, 0.717) is 11.6 Å². The first-order chi connectivity index (χ1) is 7.66. The number of amides is 1. The summed E-state index contributed by atoms with van der Waals surface area (Å²) < 4.78 is 0. The lowest BCUT2D eigenvalue weighted by molar-refractivity contribution is -0.122. The van der Waals surface area contributed by atoms with E-state index in [4.69, 9.17) is 11.5 Å². The first-order valence-electron chi connectivity index (χ1n) is 5.28. The smallest absolute Gasteiger partial charge is 0.225 e. The van der Waals surface area contributed by atoms with Crippen molar-refractivity contribution in [1.29, 1.82) is 0 Å². The number of anilines is 2. The summed E-state index contributed by atoms with van der Waals surface area (Å²) >= 11 is 0. The zero-order valence-electron chi connectivity index (χ0n) is 8.97. The third-order valence-electron chi connectivity index (χ3n) is 2.84. The van der Waals surface area contributed by atoms with Crippen molar-refractivity contribution < 1.29 is 4.79 Å². The third kappa shape index (κ3) is 2.21. The van der Waals surface area contributed by atoms with E-state index < -0.39 is 0 Å². The van der Waals surface area contributed by atoms with Gasteiger partial charge in [0, 0.05) is 19.0 Å². The molecule has 0 unspecified atom stereocenters. The van der Waals surface area contributed by atoms with Crippen molar-refractivity contribution in [2.45, 2.75) is 12.8 Å². The largest absolute Gasteiger partial charge is 0.396 e. The first-order valence-corrected chi connectivity index (χ1v) is 5.28. The number of hydrogen-bond acceptors (Lipinski definition) is 5. The molecular formula is C10H15N5O. The molecule has 2 heterocycles. The molecule has 1 aliphatic heterocycles.